The van der Waals surface area contributed by atoms with E-state index in [1.165, 1.54) is 5.56 Å². The van der Waals surface area contributed by atoms with Crippen LogP contribution in [0.5, 0.6) is 0 Å². The van der Waals surface area contributed by atoms with Crippen LogP contribution in [0.15, 0.2) is 62.8 Å². The van der Waals surface area contributed by atoms with Crippen LogP contribution in [0, 0.1) is 30.1 Å². The summed E-state index contributed by atoms with van der Waals surface area (Å²) in [5, 5.41) is 22.8. The number of thiophene rings is 2. The monoisotopic (exact) mass is 496 g/mol. The predicted molar refractivity (Wildman–Crippen MR) is 125 cm³/mol. The molecule has 0 fully saturated rings. The predicted octanol–water partition coefficient (Wildman–Crippen LogP) is 3.43. The van der Waals surface area contributed by atoms with Crippen molar-refractivity contribution in [3.8, 4) is 6.07 Å². The minimum absolute atomic E-state index is 0. The van der Waals surface area contributed by atoms with Gasteiger partial charge in [0.05, 0.1) is 17.6 Å². The van der Waals surface area contributed by atoms with Crippen molar-refractivity contribution in [3.05, 3.63) is 81.2 Å². The first-order valence-corrected chi connectivity index (χ1v) is 12.7. The first-order valence-electron chi connectivity index (χ1n) is 9.43. The molecule has 0 saturated heterocycles. The molecule has 2 atom stereocenters. The van der Waals surface area contributed by atoms with Crippen molar-refractivity contribution in [2.75, 3.05) is 6.61 Å². The summed E-state index contributed by atoms with van der Waals surface area (Å²) in [5.74, 6) is 0.461. The van der Waals surface area contributed by atoms with Crippen molar-refractivity contribution in [3.63, 3.8) is 0 Å². The van der Waals surface area contributed by atoms with E-state index in [1.54, 1.807) is 46.9 Å². The van der Waals surface area contributed by atoms with Gasteiger partial charge in [0, 0.05) is 12.3 Å². The van der Waals surface area contributed by atoms with Gasteiger partial charge in [0.2, 0.25) is 0 Å². The zero-order chi connectivity index (χ0) is 23.3. The van der Waals surface area contributed by atoms with Gasteiger partial charge in [0.25, 0.3) is 10.1 Å². The zero-order valence-corrected chi connectivity index (χ0v) is 23.1. The van der Waals surface area contributed by atoms with Gasteiger partial charge < -0.3 is 11.8 Å². The summed E-state index contributed by atoms with van der Waals surface area (Å²) in [6.45, 7) is 10.8. The molecule has 3 rings (SSSR count). The van der Waals surface area contributed by atoms with Gasteiger partial charge in [-0.15, -0.1) is 0 Å². The van der Waals surface area contributed by atoms with Gasteiger partial charge in [-0.1, -0.05) is 31.5 Å². The Bertz CT molecular complexity index is 1040. The maximum Gasteiger partial charge on any atom is 1.00 e. The Morgan fingerprint density at radius 1 is 0.969 bits per heavy atom. The maximum absolute atomic E-state index is 12.0. The molecular formula is C23H25N2NaO3S3. The van der Waals surface area contributed by atoms with Gasteiger partial charge >= 0.3 is 29.6 Å². The van der Waals surface area contributed by atoms with Crippen LogP contribution in [0.3, 0.4) is 0 Å². The summed E-state index contributed by atoms with van der Waals surface area (Å²) in [6.07, 6.45) is 0.622. The van der Waals surface area contributed by atoms with Gasteiger partial charge in [-0.05, 0) is 69.8 Å². The van der Waals surface area contributed by atoms with E-state index in [2.05, 4.69) is 24.4 Å². The van der Waals surface area contributed by atoms with Crippen LogP contribution in [-0.2, 0) is 14.3 Å². The molecule has 0 N–H and O–H groups in total. The van der Waals surface area contributed by atoms with Crippen LogP contribution in [-0.4, -0.2) is 15.0 Å². The normalized spacial score (nSPS) is 11.9. The number of nitrogens with zero attached hydrogens (tertiary/aromatic N) is 2. The zero-order valence-electron chi connectivity index (χ0n) is 18.7. The van der Waals surface area contributed by atoms with Crippen molar-refractivity contribution in [1.82, 2.24) is 0 Å². The summed E-state index contributed by atoms with van der Waals surface area (Å²) in [5.41, 5.74) is 3.40. The summed E-state index contributed by atoms with van der Waals surface area (Å²) in [6, 6.07) is 12.9. The van der Waals surface area contributed by atoms with E-state index in [0.717, 1.165) is 11.1 Å². The van der Waals surface area contributed by atoms with Crippen molar-refractivity contribution in [2.24, 2.45) is 0 Å². The van der Waals surface area contributed by atoms with Gasteiger partial charge in [0.15, 0.2) is 0 Å². The average Bonchev–Trinajstić information content (AvgIpc) is 3.49. The van der Waals surface area contributed by atoms with Crippen LogP contribution in [0.25, 0.3) is 0 Å². The van der Waals surface area contributed by atoms with E-state index in [4.69, 9.17) is 21.3 Å². The Hall–Kier alpha value is -1.49. The molecule has 0 aliphatic heterocycles. The Balaban J connectivity index is 0.000000628. The summed E-state index contributed by atoms with van der Waals surface area (Å²) in [4.78, 5) is 0.204. The molecule has 0 amide bonds. The number of nitriles is 1. The third-order valence-corrected chi connectivity index (χ3v) is 7.10. The SMILES string of the molecule is CC(CC#N)c1ccsc1.Cc1ccc(S(=O)(=O)OCC(C)c2ccsc2)cc1.[C-]#N.[Na+]. The first kappa shape index (κ1) is 30.5. The molecule has 0 aliphatic rings. The van der Waals surface area contributed by atoms with Gasteiger partial charge in [-0.2, -0.15) is 36.4 Å². The van der Waals surface area contributed by atoms with Crippen LogP contribution in [0.1, 0.15) is 48.8 Å². The Labute approximate surface area is 221 Å². The minimum Gasteiger partial charge on any atom is -0.512 e. The molecule has 0 bridgehead atoms. The fraction of sp³-hybridized carbons (Fsp3) is 0.304. The van der Waals surface area contributed by atoms with Crippen LogP contribution in [0.2, 0.25) is 0 Å². The van der Waals surface area contributed by atoms with Crippen molar-refractivity contribution in [1.29, 1.82) is 10.5 Å². The molecule has 5 nitrogen and oxygen atoms in total. The third-order valence-electron chi connectivity index (χ3n) is 4.40. The van der Waals surface area contributed by atoms with Crippen molar-refractivity contribution >= 4 is 32.8 Å². The van der Waals surface area contributed by atoms with E-state index in [-0.39, 0.29) is 47.0 Å². The van der Waals surface area contributed by atoms with E-state index in [0.29, 0.717) is 12.3 Å². The summed E-state index contributed by atoms with van der Waals surface area (Å²) in [7, 11) is -3.66. The van der Waals surface area contributed by atoms with Gasteiger partial charge in [-0.25, -0.2) is 0 Å². The molecule has 2 aromatic heterocycles. The summed E-state index contributed by atoms with van der Waals surface area (Å²) >= 11 is 3.28. The summed E-state index contributed by atoms with van der Waals surface area (Å²) < 4.78 is 29.1. The largest absolute Gasteiger partial charge is 1.00 e. The number of aryl methyl sites for hydroxylation is 1. The molecular weight excluding hydrogens is 471 g/mol. The second kappa shape index (κ2) is 16.2. The second-order valence-corrected chi connectivity index (χ2v) is 10.0. The average molecular weight is 497 g/mol. The standard InChI is InChI=1S/C14H16O3S2.C8H9NS.CN.Na/c1-11-3-5-14(6-4-11)19(15,16)17-9-12(2)13-7-8-18-10-13;1-7(2-4-9)8-3-5-10-6-8;1-2;/h3-8,10,12H,9H2,1-2H3;3,5-7H,2H2,1H3;;/q;;-1;+1. The van der Waals surface area contributed by atoms with Crippen LogP contribution in [0.4, 0.5) is 0 Å². The van der Waals surface area contributed by atoms with Crippen LogP contribution >= 0.6 is 22.7 Å². The van der Waals surface area contributed by atoms with Gasteiger partial charge in [0.1, 0.15) is 0 Å². The van der Waals surface area contributed by atoms with E-state index >= 15 is 0 Å². The fourth-order valence-electron chi connectivity index (χ4n) is 2.43. The Morgan fingerprint density at radius 2 is 1.47 bits per heavy atom. The second-order valence-electron chi connectivity index (χ2n) is 6.83. The Kier molecular flexibility index (Phi) is 15.4. The number of hydrogen-bond donors (Lipinski definition) is 0. The Morgan fingerprint density at radius 3 is 1.91 bits per heavy atom. The molecule has 0 spiro atoms. The number of rotatable bonds is 7. The molecule has 2 unspecified atom stereocenters. The first-order chi connectivity index (χ1) is 14.8. The molecule has 3 aromatic rings. The quantitative estimate of drug-likeness (QED) is 0.284. The molecule has 1 aromatic carbocycles. The molecule has 0 radical (unpaired) electrons. The van der Waals surface area contributed by atoms with E-state index in [9.17, 15) is 8.42 Å². The molecule has 0 aliphatic carbocycles. The van der Waals surface area contributed by atoms with Crippen molar-refractivity contribution in [2.45, 2.75) is 43.9 Å². The molecule has 164 valence electrons. The molecule has 32 heavy (non-hydrogen) atoms. The number of benzene rings is 1. The van der Waals surface area contributed by atoms with Gasteiger partial charge in [-0.3, -0.25) is 4.18 Å². The number of hydrogen-bond acceptors (Lipinski definition) is 7. The maximum atomic E-state index is 12.0. The minimum atomic E-state index is -3.66. The molecule has 2 heterocycles. The van der Waals surface area contributed by atoms with E-state index in [1.807, 2.05) is 36.1 Å². The van der Waals surface area contributed by atoms with Crippen molar-refractivity contribution < 1.29 is 42.2 Å². The van der Waals surface area contributed by atoms with Crippen LogP contribution < -0.4 is 29.6 Å². The third kappa shape index (κ3) is 10.4. The topological polar surface area (TPSA) is 90.9 Å². The van der Waals surface area contributed by atoms with E-state index < -0.39 is 10.1 Å². The fourth-order valence-corrected chi connectivity index (χ4v) is 4.98. The smallest absolute Gasteiger partial charge is 0.512 e. The molecule has 0 saturated carbocycles. The molecule has 9 heteroatoms.